The number of alkyl carbamates (subject to hydrolysis) is 1. The van der Waals surface area contributed by atoms with E-state index in [1.807, 2.05) is 31.2 Å². The predicted molar refractivity (Wildman–Crippen MR) is 140 cm³/mol. The molecule has 3 rings (SSSR count). The number of aryl methyl sites for hydroxylation is 1. The van der Waals surface area contributed by atoms with E-state index in [1.165, 1.54) is 6.42 Å². The second-order valence-electron chi connectivity index (χ2n) is 11.3. The fourth-order valence-corrected chi connectivity index (χ4v) is 4.76. The highest BCUT2D eigenvalue weighted by Crippen LogP contribution is 2.36. The van der Waals surface area contributed by atoms with E-state index in [1.54, 1.807) is 25.7 Å². The van der Waals surface area contributed by atoms with Crippen LogP contribution in [-0.2, 0) is 19.1 Å². The summed E-state index contributed by atoms with van der Waals surface area (Å²) in [6, 6.07) is 5.65. The van der Waals surface area contributed by atoms with E-state index in [-0.39, 0.29) is 30.8 Å². The lowest BCUT2D eigenvalue weighted by Gasteiger charge is -2.36. The zero-order valence-electron chi connectivity index (χ0n) is 22.5. The van der Waals surface area contributed by atoms with Gasteiger partial charge in [-0.1, -0.05) is 49.1 Å². The number of carbonyl (C=O) groups excluding carboxylic acids is 4. The fourth-order valence-electron chi connectivity index (χ4n) is 4.76. The van der Waals surface area contributed by atoms with Crippen LogP contribution in [0.2, 0.25) is 0 Å². The van der Waals surface area contributed by atoms with Crippen LogP contribution in [0.5, 0.6) is 0 Å². The molecule has 0 spiro atoms. The van der Waals surface area contributed by atoms with E-state index in [0.717, 1.165) is 44.1 Å². The van der Waals surface area contributed by atoms with Crippen molar-refractivity contribution >= 4 is 23.8 Å². The van der Waals surface area contributed by atoms with Crippen molar-refractivity contribution in [2.24, 2.45) is 5.73 Å². The van der Waals surface area contributed by atoms with E-state index in [9.17, 15) is 19.2 Å². The van der Waals surface area contributed by atoms with Gasteiger partial charge in [0.1, 0.15) is 17.7 Å². The van der Waals surface area contributed by atoms with Crippen molar-refractivity contribution in [2.75, 3.05) is 0 Å². The summed E-state index contributed by atoms with van der Waals surface area (Å²) >= 11 is 0. The van der Waals surface area contributed by atoms with Crippen molar-refractivity contribution in [3.8, 4) is 0 Å². The molecule has 204 valence electrons. The molecule has 37 heavy (non-hydrogen) atoms. The molecule has 0 radical (unpaired) electrons. The van der Waals surface area contributed by atoms with Crippen LogP contribution in [0.1, 0.15) is 95.7 Å². The molecule has 0 heterocycles. The zero-order chi connectivity index (χ0) is 27.2. The summed E-state index contributed by atoms with van der Waals surface area (Å²) in [7, 11) is 0. The Morgan fingerprint density at radius 2 is 1.65 bits per heavy atom. The Morgan fingerprint density at radius 3 is 2.19 bits per heavy atom. The quantitative estimate of drug-likeness (QED) is 0.439. The summed E-state index contributed by atoms with van der Waals surface area (Å²) in [5.74, 6) is -1.22. The average molecular weight is 515 g/mol. The molecule has 0 aromatic heterocycles. The highest BCUT2D eigenvalue weighted by Gasteiger charge is 2.44. The first-order valence-corrected chi connectivity index (χ1v) is 13.4. The molecule has 0 aliphatic heterocycles. The number of hydrogen-bond donors (Lipinski definition) is 3. The van der Waals surface area contributed by atoms with Crippen LogP contribution >= 0.6 is 0 Å². The van der Waals surface area contributed by atoms with Crippen LogP contribution in [0.25, 0.3) is 0 Å². The maximum Gasteiger partial charge on any atom is 0.408 e. The maximum absolute atomic E-state index is 14.0. The third kappa shape index (κ3) is 8.76. The molecule has 4 N–H and O–H groups in total. The molecule has 2 fully saturated rings. The minimum Gasteiger partial charge on any atom is -0.444 e. The van der Waals surface area contributed by atoms with Crippen LogP contribution in [0, 0.1) is 6.92 Å². The molecule has 9 heteroatoms. The smallest absolute Gasteiger partial charge is 0.408 e. The number of primary amides is 1. The largest absolute Gasteiger partial charge is 0.444 e. The van der Waals surface area contributed by atoms with Crippen LogP contribution in [0.15, 0.2) is 24.3 Å². The number of benzene rings is 1. The SMILES string of the molecule is Cc1ccc(C(C(=O)NC2CCCCC2)N(C(=O)C(CCC(N)=O)NC(=O)OC(C)(C)C)C2CC2)cc1. The second kappa shape index (κ2) is 12.4. The lowest BCUT2D eigenvalue weighted by atomic mass is 9.94. The van der Waals surface area contributed by atoms with Gasteiger partial charge in [0.2, 0.25) is 17.7 Å². The standard InChI is InChI=1S/C28H42N4O5/c1-18-10-12-19(13-11-18)24(25(34)30-20-8-6-5-7-9-20)32(21-14-15-21)26(35)22(16-17-23(29)33)31-27(36)37-28(2,3)4/h10-13,20-22,24H,5-9,14-17H2,1-4H3,(H2,29,33)(H,30,34)(H,31,36). The van der Waals surface area contributed by atoms with Crippen molar-refractivity contribution in [3.05, 3.63) is 35.4 Å². The molecular formula is C28H42N4O5. The Bertz CT molecular complexity index is 962. The Balaban J connectivity index is 1.92. The zero-order valence-corrected chi connectivity index (χ0v) is 22.5. The first-order chi connectivity index (χ1) is 17.4. The molecule has 1 aromatic carbocycles. The van der Waals surface area contributed by atoms with E-state index >= 15 is 0 Å². The van der Waals surface area contributed by atoms with E-state index in [2.05, 4.69) is 10.6 Å². The Labute approximate surface area is 219 Å². The Kier molecular flexibility index (Phi) is 9.56. The van der Waals surface area contributed by atoms with Gasteiger partial charge in [0.15, 0.2) is 0 Å². The summed E-state index contributed by atoms with van der Waals surface area (Å²) in [6.07, 6.45) is 5.84. The first-order valence-electron chi connectivity index (χ1n) is 13.4. The summed E-state index contributed by atoms with van der Waals surface area (Å²) in [5, 5.41) is 5.83. The monoisotopic (exact) mass is 514 g/mol. The second-order valence-corrected chi connectivity index (χ2v) is 11.3. The number of nitrogens with zero attached hydrogens (tertiary/aromatic N) is 1. The number of nitrogens with one attached hydrogen (secondary N) is 2. The molecule has 2 aliphatic carbocycles. The van der Waals surface area contributed by atoms with Crippen molar-refractivity contribution in [3.63, 3.8) is 0 Å². The van der Waals surface area contributed by atoms with Crippen LogP contribution in [0.4, 0.5) is 4.79 Å². The third-order valence-electron chi connectivity index (χ3n) is 6.73. The molecule has 2 aliphatic rings. The molecule has 9 nitrogen and oxygen atoms in total. The van der Waals surface area contributed by atoms with E-state index < -0.39 is 35.6 Å². The Morgan fingerprint density at radius 1 is 1.03 bits per heavy atom. The van der Waals surface area contributed by atoms with Crippen molar-refractivity contribution < 1.29 is 23.9 Å². The van der Waals surface area contributed by atoms with Gasteiger partial charge in [-0.25, -0.2) is 4.79 Å². The number of hydrogen-bond acceptors (Lipinski definition) is 5. The molecule has 2 saturated carbocycles. The van der Waals surface area contributed by atoms with Gasteiger partial charge < -0.3 is 26.0 Å². The predicted octanol–water partition coefficient (Wildman–Crippen LogP) is 3.63. The van der Waals surface area contributed by atoms with Gasteiger partial charge in [0.05, 0.1) is 0 Å². The molecule has 2 unspecified atom stereocenters. The molecule has 0 bridgehead atoms. The van der Waals surface area contributed by atoms with E-state index in [4.69, 9.17) is 10.5 Å². The van der Waals surface area contributed by atoms with Crippen molar-refractivity contribution in [2.45, 2.75) is 115 Å². The number of carbonyl (C=O) groups is 4. The van der Waals surface area contributed by atoms with Crippen molar-refractivity contribution in [1.82, 2.24) is 15.5 Å². The average Bonchev–Trinajstić information content (AvgIpc) is 3.65. The summed E-state index contributed by atoms with van der Waals surface area (Å²) in [4.78, 5) is 53.6. The first kappa shape index (κ1) is 28.5. The number of amides is 4. The minimum atomic E-state index is -1.06. The fraction of sp³-hybridized carbons (Fsp3) is 0.643. The normalized spacial score (nSPS) is 17.8. The number of ether oxygens (including phenoxy) is 1. The molecule has 2 atom stereocenters. The van der Waals surface area contributed by atoms with Crippen LogP contribution in [-0.4, -0.2) is 52.4 Å². The Hall–Kier alpha value is -3.10. The maximum atomic E-state index is 14.0. The number of nitrogens with two attached hydrogens (primary N) is 1. The van der Waals surface area contributed by atoms with Gasteiger partial charge in [-0.15, -0.1) is 0 Å². The number of rotatable bonds is 10. The van der Waals surface area contributed by atoms with Gasteiger partial charge in [-0.05, 0) is 65.4 Å². The van der Waals surface area contributed by atoms with Gasteiger partial charge in [-0.3, -0.25) is 14.4 Å². The molecule has 4 amide bonds. The van der Waals surface area contributed by atoms with E-state index in [0.29, 0.717) is 5.56 Å². The summed E-state index contributed by atoms with van der Waals surface area (Å²) < 4.78 is 5.37. The molecular weight excluding hydrogens is 472 g/mol. The van der Waals surface area contributed by atoms with Crippen LogP contribution < -0.4 is 16.4 Å². The minimum absolute atomic E-state index is 0.0154. The topological polar surface area (TPSA) is 131 Å². The highest BCUT2D eigenvalue weighted by molar-refractivity contribution is 5.93. The van der Waals surface area contributed by atoms with Gasteiger partial charge >= 0.3 is 6.09 Å². The third-order valence-corrected chi connectivity index (χ3v) is 6.73. The lowest BCUT2D eigenvalue weighted by Crippen LogP contribution is -2.54. The molecule has 0 saturated heterocycles. The van der Waals surface area contributed by atoms with Crippen molar-refractivity contribution in [1.29, 1.82) is 0 Å². The summed E-state index contributed by atoms with van der Waals surface area (Å²) in [5.41, 5.74) is 6.36. The van der Waals surface area contributed by atoms with Gasteiger partial charge in [0, 0.05) is 18.5 Å². The summed E-state index contributed by atoms with van der Waals surface area (Å²) in [6.45, 7) is 7.15. The van der Waals surface area contributed by atoms with Gasteiger partial charge in [0.25, 0.3) is 0 Å². The van der Waals surface area contributed by atoms with Gasteiger partial charge in [-0.2, -0.15) is 0 Å². The molecule has 1 aromatic rings. The highest BCUT2D eigenvalue weighted by atomic mass is 16.6. The van der Waals surface area contributed by atoms with Crippen LogP contribution in [0.3, 0.4) is 0 Å². The lowest BCUT2D eigenvalue weighted by molar-refractivity contribution is -0.143.